The Balaban J connectivity index is 1.67. The predicted octanol–water partition coefficient (Wildman–Crippen LogP) is 4.81. The molecule has 0 radical (unpaired) electrons. The Morgan fingerprint density at radius 1 is 1.08 bits per heavy atom. The third-order valence-corrected chi connectivity index (χ3v) is 4.67. The summed E-state index contributed by atoms with van der Waals surface area (Å²) in [6.45, 7) is 4.17. The van der Waals surface area contributed by atoms with E-state index >= 15 is 0 Å². The minimum Gasteiger partial charge on any atom is -0.372 e. The Bertz CT molecular complexity index is 779. The smallest absolute Gasteiger partial charge is 0.271 e. The Labute approximate surface area is 153 Å². The predicted molar refractivity (Wildman–Crippen MR) is 106 cm³/mol. The summed E-state index contributed by atoms with van der Waals surface area (Å²) in [6.07, 6.45) is 5.16. The van der Waals surface area contributed by atoms with Gasteiger partial charge in [0.25, 0.3) is 5.69 Å². The third-order valence-electron chi connectivity index (χ3n) is 4.67. The molecule has 1 N–H and O–H groups in total. The van der Waals surface area contributed by atoms with Crippen LogP contribution in [0, 0.1) is 10.1 Å². The average Bonchev–Trinajstić information content (AvgIpc) is 2.96. The molecule has 0 amide bonds. The van der Waals surface area contributed by atoms with E-state index in [-0.39, 0.29) is 5.69 Å². The van der Waals surface area contributed by atoms with E-state index in [1.165, 1.54) is 43.5 Å². The van der Waals surface area contributed by atoms with Crippen molar-refractivity contribution < 1.29 is 4.92 Å². The Hall–Kier alpha value is -2.89. The fraction of sp³-hybridized carbons (Fsp3) is 0.350. The van der Waals surface area contributed by atoms with Gasteiger partial charge in [0.1, 0.15) is 0 Å². The van der Waals surface area contributed by atoms with Crippen LogP contribution >= 0.6 is 0 Å². The van der Waals surface area contributed by atoms with Crippen molar-refractivity contribution in [1.82, 2.24) is 0 Å². The number of hydrazone groups is 1. The lowest BCUT2D eigenvalue weighted by molar-refractivity contribution is -0.384. The molecule has 0 aromatic heterocycles. The van der Waals surface area contributed by atoms with E-state index in [0.29, 0.717) is 5.69 Å². The van der Waals surface area contributed by atoms with E-state index in [0.717, 1.165) is 24.4 Å². The van der Waals surface area contributed by atoms with Crippen LogP contribution in [0.2, 0.25) is 0 Å². The van der Waals surface area contributed by atoms with Crippen molar-refractivity contribution in [2.24, 2.45) is 5.10 Å². The molecule has 1 aliphatic rings. The molecule has 1 saturated heterocycles. The molecule has 0 unspecified atom stereocenters. The minimum absolute atomic E-state index is 0.0460. The van der Waals surface area contributed by atoms with Gasteiger partial charge in [-0.1, -0.05) is 31.0 Å². The van der Waals surface area contributed by atoms with Gasteiger partial charge in [-0.05, 0) is 43.5 Å². The number of nitrogens with one attached hydrogen (secondary N) is 1. The zero-order chi connectivity index (χ0) is 18.4. The molecule has 1 aliphatic heterocycles. The highest BCUT2D eigenvalue weighted by molar-refractivity contribution is 5.99. The van der Waals surface area contributed by atoms with Crippen LogP contribution in [0.25, 0.3) is 0 Å². The van der Waals surface area contributed by atoms with Gasteiger partial charge in [-0.25, -0.2) is 0 Å². The number of hydrogen-bond donors (Lipinski definition) is 1. The first kappa shape index (κ1) is 17.9. The number of non-ortho nitro benzene ring substituents is 1. The largest absolute Gasteiger partial charge is 0.372 e. The summed E-state index contributed by atoms with van der Waals surface area (Å²) in [5, 5.41) is 15.2. The van der Waals surface area contributed by atoms with Crippen molar-refractivity contribution in [3.63, 3.8) is 0 Å². The molecule has 0 saturated carbocycles. The number of hydrogen-bond acceptors (Lipinski definition) is 5. The Morgan fingerprint density at radius 3 is 2.42 bits per heavy atom. The average molecular weight is 352 g/mol. The van der Waals surface area contributed by atoms with E-state index in [2.05, 4.69) is 39.7 Å². The lowest BCUT2D eigenvalue weighted by Gasteiger charge is -2.22. The van der Waals surface area contributed by atoms with E-state index in [9.17, 15) is 10.1 Å². The second-order valence-electron chi connectivity index (χ2n) is 6.56. The second kappa shape index (κ2) is 8.47. The molecule has 0 spiro atoms. The molecule has 136 valence electrons. The first-order valence-electron chi connectivity index (χ1n) is 9.03. The van der Waals surface area contributed by atoms with Gasteiger partial charge in [0.05, 0.1) is 16.3 Å². The first-order chi connectivity index (χ1) is 12.6. The van der Waals surface area contributed by atoms with Gasteiger partial charge in [-0.2, -0.15) is 5.10 Å². The molecule has 1 heterocycles. The van der Waals surface area contributed by atoms with E-state index in [1.54, 1.807) is 12.1 Å². The van der Waals surface area contributed by atoms with Gasteiger partial charge < -0.3 is 4.90 Å². The summed E-state index contributed by atoms with van der Waals surface area (Å²) in [4.78, 5) is 12.9. The Kier molecular flexibility index (Phi) is 5.84. The lowest BCUT2D eigenvalue weighted by Crippen LogP contribution is -2.23. The van der Waals surface area contributed by atoms with Gasteiger partial charge in [-0.3, -0.25) is 15.5 Å². The summed E-state index contributed by atoms with van der Waals surface area (Å²) in [6, 6.07) is 14.8. The van der Waals surface area contributed by atoms with Crippen LogP contribution in [0.1, 0.15) is 38.2 Å². The Morgan fingerprint density at radius 2 is 1.77 bits per heavy atom. The highest BCUT2D eigenvalue weighted by Crippen LogP contribution is 2.21. The quantitative estimate of drug-likeness (QED) is 0.476. The zero-order valence-electron chi connectivity index (χ0n) is 15.0. The van der Waals surface area contributed by atoms with Crippen LogP contribution in [0.3, 0.4) is 0 Å². The maximum Gasteiger partial charge on any atom is 0.271 e. The normalized spacial score (nSPS) is 15.4. The number of anilines is 2. The SMILES string of the molecule is C/C(=N/Nc1cccc([N+](=O)[O-])c1)c1ccc(N2CCCCCC2)cc1. The van der Waals surface area contributed by atoms with E-state index < -0.39 is 4.92 Å². The van der Waals surface area contributed by atoms with Crippen LogP contribution < -0.4 is 10.3 Å². The highest BCUT2D eigenvalue weighted by Gasteiger charge is 2.10. The molecule has 26 heavy (non-hydrogen) atoms. The number of benzene rings is 2. The zero-order valence-corrected chi connectivity index (χ0v) is 15.0. The summed E-state index contributed by atoms with van der Waals surface area (Å²) in [5.41, 5.74) is 6.66. The third kappa shape index (κ3) is 4.59. The summed E-state index contributed by atoms with van der Waals surface area (Å²) < 4.78 is 0. The molecule has 3 rings (SSSR count). The molecule has 6 heteroatoms. The monoisotopic (exact) mass is 352 g/mol. The molecule has 1 fully saturated rings. The van der Waals surface area contributed by atoms with Crippen LogP contribution in [0.4, 0.5) is 17.1 Å². The molecule has 0 aliphatic carbocycles. The van der Waals surface area contributed by atoms with Crippen LogP contribution in [0.5, 0.6) is 0 Å². The summed E-state index contributed by atoms with van der Waals surface area (Å²) in [7, 11) is 0. The van der Waals surface area contributed by atoms with E-state index in [1.807, 2.05) is 6.92 Å². The summed E-state index contributed by atoms with van der Waals surface area (Å²) in [5.74, 6) is 0. The lowest BCUT2D eigenvalue weighted by atomic mass is 10.1. The number of rotatable bonds is 5. The highest BCUT2D eigenvalue weighted by atomic mass is 16.6. The second-order valence-corrected chi connectivity index (χ2v) is 6.56. The molecular weight excluding hydrogens is 328 g/mol. The maximum atomic E-state index is 10.8. The van der Waals surface area contributed by atoms with Gasteiger partial charge in [0.2, 0.25) is 0 Å². The van der Waals surface area contributed by atoms with Gasteiger partial charge >= 0.3 is 0 Å². The molecule has 0 atom stereocenters. The van der Waals surface area contributed by atoms with Crippen molar-refractivity contribution in [1.29, 1.82) is 0 Å². The van der Waals surface area contributed by atoms with Crippen LogP contribution in [-0.2, 0) is 0 Å². The minimum atomic E-state index is -0.413. The standard InChI is InChI=1S/C20H24N4O2/c1-16(21-22-18-7-6-8-20(15-18)24(25)26)17-9-11-19(12-10-17)23-13-4-2-3-5-14-23/h6-12,15,22H,2-5,13-14H2,1H3/b21-16-. The first-order valence-corrected chi connectivity index (χ1v) is 9.03. The molecular formula is C20H24N4O2. The van der Waals surface area contributed by atoms with Crippen molar-refractivity contribution in [3.05, 3.63) is 64.2 Å². The van der Waals surface area contributed by atoms with Gasteiger partial charge in [0.15, 0.2) is 0 Å². The van der Waals surface area contributed by atoms with Crippen molar-refractivity contribution in [3.8, 4) is 0 Å². The molecule has 6 nitrogen and oxygen atoms in total. The summed E-state index contributed by atoms with van der Waals surface area (Å²) >= 11 is 0. The molecule has 0 bridgehead atoms. The van der Waals surface area contributed by atoms with Crippen molar-refractivity contribution in [2.45, 2.75) is 32.6 Å². The fourth-order valence-electron chi connectivity index (χ4n) is 3.14. The van der Waals surface area contributed by atoms with Crippen LogP contribution in [-0.4, -0.2) is 23.7 Å². The number of nitrogens with zero attached hydrogens (tertiary/aromatic N) is 3. The van der Waals surface area contributed by atoms with Crippen LogP contribution in [0.15, 0.2) is 53.6 Å². The number of nitro benzene ring substituents is 1. The topological polar surface area (TPSA) is 70.8 Å². The van der Waals surface area contributed by atoms with Gasteiger partial charge in [-0.15, -0.1) is 0 Å². The molecule has 2 aromatic rings. The fourth-order valence-corrected chi connectivity index (χ4v) is 3.14. The van der Waals surface area contributed by atoms with E-state index in [4.69, 9.17) is 0 Å². The maximum absolute atomic E-state index is 10.8. The van der Waals surface area contributed by atoms with Crippen molar-refractivity contribution >= 4 is 22.8 Å². The van der Waals surface area contributed by atoms with Crippen molar-refractivity contribution in [2.75, 3.05) is 23.4 Å². The van der Waals surface area contributed by atoms with Gasteiger partial charge in [0, 0.05) is 30.9 Å². The molecule has 2 aromatic carbocycles. The number of nitro groups is 1.